The van der Waals surface area contributed by atoms with Crippen LogP contribution in [0, 0.1) is 13.8 Å². The molecule has 0 aliphatic rings. The molecule has 0 spiro atoms. The second-order valence-electron chi connectivity index (χ2n) is 8.23. The quantitative estimate of drug-likeness (QED) is 0.499. The summed E-state index contributed by atoms with van der Waals surface area (Å²) in [5.41, 5.74) is 3.60. The normalized spacial score (nSPS) is 13.1. The Morgan fingerprint density at radius 3 is 2.09 bits per heavy atom. The topological polar surface area (TPSA) is 75.7 Å². The molecule has 6 nitrogen and oxygen atoms in total. The van der Waals surface area contributed by atoms with Gasteiger partial charge in [0.05, 0.1) is 18.0 Å². The molecule has 33 heavy (non-hydrogen) atoms. The van der Waals surface area contributed by atoms with Gasteiger partial charge in [0, 0.05) is 0 Å². The van der Waals surface area contributed by atoms with Gasteiger partial charge in [-0.1, -0.05) is 42.0 Å². The van der Waals surface area contributed by atoms with Gasteiger partial charge in [0.2, 0.25) is 15.9 Å². The first-order chi connectivity index (χ1) is 15.6. The summed E-state index contributed by atoms with van der Waals surface area (Å²) in [5, 5.41) is 2.95. The summed E-state index contributed by atoms with van der Waals surface area (Å²) >= 11 is 0. The average molecular weight is 467 g/mol. The molecule has 0 saturated carbocycles. The number of sulfonamides is 1. The fourth-order valence-corrected chi connectivity index (χ4v) is 4.99. The Morgan fingerprint density at radius 1 is 0.909 bits per heavy atom. The van der Waals surface area contributed by atoms with E-state index in [1.54, 1.807) is 31.2 Å². The Bertz CT molecular complexity index is 1210. The number of carbonyl (C=O) groups is 1. The maximum atomic E-state index is 13.0. The van der Waals surface area contributed by atoms with Crippen LogP contribution in [0.3, 0.4) is 0 Å². The molecule has 1 amide bonds. The predicted molar refractivity (Wildman–Crippen MR) is 132 cm³/mol. The number of carbonyl (C=O) groups excluding carboxylic acids is 1. The minimum atomic E-state index is -3.72. The molecule has 174 valence electrons. The number of aryl methyl sites for hydroxylation is 2. The van der Waals surface area contributed by atoms with Crippen LogP contribution in [0.5, 0.6) is 11.5 Å². The number of benzene rings is 3. The van der Waals surface area contributed by atoms with Crippen LogP contribution in [0.1, 0.15) is 36.6 Å². The molecule has 0 aromatic heterocycles. The Labute approximate surface area is 196 Å². The number of nitrogens with one attached hydrogen (secondary N) is 1. The average Bonchev–Trinajstić information content (AvgIpc) is 2.74. The monoisotopic (exact) mass is 466 g/mol. The fraction of sp³-hybridized carbons (Fsp3) is 0.269. The van der Waals surface area contributed by atoms with Crippen LogP contribution >= 0.6 is 0 Å². The van der Waals surface area contributed by atoms with Gasteiger partial charge in [-0.3, -0.25) is 9.10 Å². The largest absolute Gasteiger partial charge is 0.457 e. The molecule has 3 aromatic carbocycles. The maximum Gasteiger partial charge on any atom is 0.244 e. The molecule has 0 saturated heterocycles. The molecule has 0 aliphatic heterocycles. The number of rotatable bonds is 8. The van der Waals surface area contributed by atoms with Gasteiger partial charge in [0.1, 0.15) is 17.5 Å². The van der Waals surface area contributed by atoms with E-state index in [0.717, 1.165) is 27.3 Å². The third kappa shape index (κ3) is 6.14. The molecular weight excluding hydrogens is 436 g/mol. The summed E-state index contributed by atoms with van der Waals surface area (Å²) in [5.74, 6) is 0.870. The van der Waals surface area contributed by atoms with Crippen molar-refractivity contribution in [3.05, 3.63) is 89.5 Å². The molecular formula is C26H30N2O4S. The van der Waals surface area contributed by atoms with E-state index in [4.69, 9.17) is 4.74 Å². The molecule has 7 heteroatoms. The predicted octanol–water partition coefficient (Wildman–Crippen LogP) is 5.13. The molecule has 1 N–H and O–H groups in total. The molecule has 0 bridgehead atoms. The van der Waals surface area contributed by atoms with Gasteiger partial charge in [-0.05, 0) is 75.2 Å². The van der Waals surface area contributed by atoms with Crippen molar-refractivity contribution in [3.63, 3.8) is 0 Å². The van der Waals surface area contributed by atoms with Crippen molar-refractivity contribution in [2.75, 3.05) is 10.6 Å². The van der Waals surface area contributed by atoms with Crippen LogP contribution in [-0.4, -0.2) is 26.6 Å². The number of hydrogen-bond donors (Lipinski definition) is 1. The minimum absolute atomic E-state index is 0.261. The second-order valence-corrected chi connectivity index (χ2v) is 10.1. The lowest BCUT2D eigenvalue weighted by atomic mass is 10.00. The smallest absolute Gasteiger partial charge is 0.244 e. The Hall–Kier alpha value is -3.32. The van der Waals surface area contributed by atoms with Gasteiger partial charge in [0.25, 0.3) is 0 Å². The van der Waals surface area contributed by atoms with Gasteiger partial charge in [-0.25, -0.2) is 8.42 Å². The van der Waals surface area contributed by atoms with E-state index in [9.17, 15) is 13.2 Å². The lowest BCUT2D eigenvalue weighted by molar-refractivity contribution is -0.122. The van der Waals surface area contributed by atoms with Gasteiger partial charge < -0.3 is 10.1 Å². The van der Waals surface area contributed by atoms with E-state index >= 15 is 0 Å². The number of ether oxygens (including phenoxy) is 1. The van der Waals surface area contributed by atoms with E-state index in [1.807, 2.05) is 63.2 Å². The van der Waals surface area contributed by atoms with E-state index in [2.05, 4.69) is 11.4 Å². The van der Waals surface area contributed by atoms with E-state index < -0.39 is 16.1 Å². The third-order valence-corrected chi connectivity index (χ3v) is 6.65. The summed E-state index contributed by atoms with van der Waals surface area (Å²) in [6, 6.07) is 20.8. The van der Waals surface area contributed by atoms with E-state index in [-0.39, 0.29) is 11.9 Å². The zero-order valence-electron chi connectivity index (χ0n) is 19.6. The van der Waals surface area contributed by atoms with Gasteiger partial charge in [-0.15, -0.1) is 0 Å². The zero-order valence-corrected chi connectivity index (χ0v) is 20.4. The second kappa shape index (κ2) is 10.1. The standard InChI is InChI=1S/C26H30N2O4S/c1-18-11-16-25(19(2)17-18)20(3)27-26(29)21(4)28(33(5,30)31)22-12-14-24(15-13-22)32-23-9-7-6-8-10-23/h6-17,20-21H,1-5H3,(H,27,29)/t20-,21-/m1/s1. The van der Waals surface area contributed by atoms with Crippen molar-refractivity contribution in [2.45, 2.75) is 39.8 Å². The van der Waals surface area contributed by atoms with Crippen LogP contribution in [0.4, 0.5) is 5.69 Å². The molecule has 0 heterocycles. The molecule has 0 fully saturated rings. The highest BCUT2D eigenvalue weighted by Gasteiger charge is 2.30. The van der Waals surface area contributed by atoms with Crippen molar-refractivity contribution in [2.24, 2.45) is 0 Å². The first-order valence-corrected chi connectivity index (χ1v) is 12.6. The number of anilines is 1. The molecule has 0 aliphatic carbocycles. The van der Waals surface area contributed by atoms with Crippen molar-refractivity contribution in [3.8, 4) is 11.5 Å². The van der Waals surface area contributed by atoms with Gasteiger partial charge >= 0.3 is 0 Å². The summed E-state index contributed by atoms with van der Waals surface area (Å²) < 4.78 is 32.1. The summed E-state index contributed by atoms with van der Waals surface area (Å²) in [6.45, 7) is 7.49. The van der Waals surface area contributed by atoms with Crippen LogP contribution in [-0.2, 0) is 14.8 Å². The first-order valence-electron chi connectivity index (χ1n) is 10.8. The van der Waals surface area contributed by atoms with Crippen molar-refractivity contribution in [1.29, 1.82) is 0 Å². The lowest BCUT2D eigenvalue weighted by Gasteiger charge is -2.29. The number of hydrogen-bond acceptors (Lipinski definition) is 4. The van der Waals surface area contributed by atoms with Crippen LogP contribution < -0.4 is 14.4 Å². The van der Waals surface area contributed by atoms with Crippen molar-refractivity contribution < 1.29 is 17.9 Å². The molecule has 3 aromatic rings. The number of amides is 1. The van der Waals surface area contributed by atoms with Crippen LogP contribution in [0.2, 0.25) is 0 Å². The maximum absolute atomic E-state index is 13.0. The Kier molecular flexibility index (Phi) is 7.43. The van der Waals surface area contributed by atoms with E-state index in [1.165, 1.54) is 0 Å². The summed E-state index contributed by atoms with van der Waals surface area (Å²) in [6.07, 6.45) is 1.10. The number of nitrogens with zero attached hydrogens (tertiary/aromatic N) is 1. The Morgan fingerprint density at radius 2 is 1.52 bits per heavy atom. The van der Waals surface area contributed by atoms with Gasteiger partial charge in [0.15, 0.2) is 0 Å². The highest BCUT2D eigenvalue weighted by molar-refractivity contribution is 7.92. The summed E-state index contributed by atoms with van der Waals surface area (Å²) in [4.78, 5) is 13.0. The minimum Gasteiger partial charge on any atom is -0.457 e. The van der Waals surface area contributed by atoms with Crippen LogP contribution in [0.15, 0.2) is 72.8 Å². The SMILES string of the molecule is Cc1ccc([C@@H](C)NC(=O)[C@@H](C)N(c2ccc(Oc3ccccc3)cc2)S(C)(=O)=O)c(C)c1. The third-order valence-electron chi connectivity index (χ3n) is 5.41. The van der Waals surface area contributed by atoms with Crippen LogP contribution in [0.25, 0.3) is 0 Å². The summed E-state index contributed by atoms with van der Waals surface area (Å²) in [7, 11) is -3.72. The molecule has 0 radical (unpaired) electrons. The van der Waals surface area contributed by atoms with Crippen molar-refractivity contribution >= 4 is 21.6 Å². The Balaban J connectivity index is 1.78. The molecule has 3 rings (SSSR count). The van der Waals surface area contributed by atoms with E-state index in [0.29, 0.717) is 17.2 Å². The number of para-hydroxylation sites is 1. The first kappa shape index (κ1) is 24.3. The molecule has 0 unspecified atom stereocenters. The van der Waals surface area contributed by atoms with Crippen molar-refractivity contribution in [1.82, 2.24) is 5.32 Å². The highest BCUT2D eigenvalue weighted by atomic mass is 32.2. The lowest BCUT2D eigenvalue weighted by Crippen LogP contribution is -2.48. The highest BCUT2D eigenvalue weighted by Crippen LogP contribution is 2.27. The fourth-order valence-electron chi connectivity index (χ4n) is 3.82. The molecule has 2 atom stereocenters. The van der Waals surface area contributed by atoms with Gasteiger partial charge in [-0.2, -0.15) is 0 Å². The zero-order chi connectivity index (χ0) is 24.2.